The summed E-state index contributed by atoms with van der Waals surface area (Å²) in [5.41, 5.74) is 5.08. The highest BCUT2D eigenvalue weighted by Crippen LogP contribution is 2.43. The molecule has 0 radical (unpaired) electrons. The van der Waals surface area contributed by atoms with Gasteiger partial charge in [0.25, 0.3) is 0 Å². The number of rotatable bonds is 4. The second-order valence-electron chi connectivity index (χ2n) is 6.09. The van der Waals surface area contributed by atoms with Crippen LogP contribution in [0.5, 0.6) is 0 Å². The first kappa shape index (κ1) is 15.3. The summed E-state index contributed by atoms with van der Waals surface area (Å²) in [6, 6.07) is 5.62. The molecule has 0 saturated heterocycles. The van der Waals surface area contributed by atoms with E-state index in [1.807, 2.05) is 44.0 Å². The Hall–Kier alpha value is -1.59. The first-order chi connectivity index (χ1) is 10.5. The average molecular weight is 321 g/mol. The summed E-state index contributed by atoms with van der Waals surface area (Å²) < 4.78 is 0. The van der Waals surface area contributed by atoms with Gasteiger partial charge in [-0.2, -0.15) is 5.10 Å². The first-order valence-electron chi connectivity index (χ1n) is 7.60. The van der Waals surface area contributed by atoms with Crippen molar-refractivity contribution in [2.24, 2.45) is 10.5 Å². The third kappa shape index (κ3) is 2.11. The molecule has 22 heavy (non-hydrogen) atoms. The molecule has 0 bridgehead atoms. The van der Waals surface area contributed by atoms with Gasteiger partial charge < -0.3 is 15.6 Å². The molecule has 0 spiro atoms. The highest BCUT2D eigenvalue weighted by molar-refractivity contribution is 6.33. The maximum Gasteiger partial charge on any atom is 0.241 e. The number of hydrogen-bond donors (Lipinski definition) is 2. The zero-order valence-electron chi connectivity index (χ0n) is 13.1. The van der Waals surface area contributed by atoms with Gasteiger partial charge in [-0.25, -0.2) is 0 Å². The van der Waals surface area contributed by atoms with Crippen molar-refractivity contribution >= 4 is 28.9 Å². The van der Waals surface area contributed by atoms with Crippen molar-refractivity contribution in [3.05, 3.63) is 28.8 Å². The molecule has 0 aromatic heterocycles. The van der Waals surface area contributed by atoms with E-state index in [9.17, 15) is 4.79 Å². The first-order valence-corrected chi connectivity index (χ1v) is 7.98. The molecule has 1 amide bonds. The number of hydrazone groups is 1. The van der Waals surface area contributed by atoms with E-state index in [0.29, 0.717) is 11.6 Å². The molecular formula is C16H21ClN4O. The Morgan fingerprint density at radius 3 is 3.00 bits per heavy atom. The van der Waals surface area contributed by atoms with E-state index in [1.54, 1.807) is 0 Å². The summed E-state index contributed by atoms with van der Waals surface area (Å²) in [6.45, 7) is 5.52. The molecule has 5 nitrogen and oxygen atoms in total. The predicted octanol–water partition coefficient (Wildman–Crippen LogP) is 2.00. The molecule has 1 aromatic carbocycles. The molecule has 3 rings (SSSR count). The van der Waals surface area contributed by atoms with E-state index in [0.717, 1.165) is 29.9 Å². The Morgan fingerprint density at radius 2 is 2.27 bits per heavy atom. The maximum absolute atomic E-state index is 13.1. The smallest absolute Gasteiger partial charge is 0.241 e. The minimum Gasteiger partial charge on any atom is -0.320 e. The molecule has 2 aliphatic heterocycles. The summed E-state index contributed by atoms with van der Waals surface area (Å²) in [5, 5.41) is 8.21. The molecule has 2 N–H and O–H groups in total. The number of carbonyl (C=O) groups is 1. The second-order valence-corrected chi connectivity index (χ2v) is 6.53. The van der Waals surface area contributed by atoms with Gasteiger partial charge in [-0.1, -0.05) is 11.6 Å². The van der Waals surface area contributed by atoms with Gasteiger partial charge in [-0.15, -0.1) is 0 Å². The van der Waals surface area contributed by atoms with Crippen LogP contribution < -0.4 is 15.6 Å². The van der Waals surface area contributed by atoms with E-state index >= 15 is 0 Å². The van der Waals surface area contributed by atoms with Crippen molar-refractivity contribution < 1.29 is 4.79 Å². The number of amides is 1. The number of nitrogens with zero attached hydrogens (tertiary/aromatic N) is 2. The number of anilines is 1. The summed E-state index contributed by atoms with van der Waals surface area (Å²) in [6.07, 6.45) is 0.897. The SMILES string of the molecule is CNCCCN1C(=O)C2(C)C(=NNC2C)c2cc(Cl)ccc21. The van der Waals surface area contributed by atoms with Crippen LogP contribution in [0, 0.1) is 5.41 Å². The number of halogens is 1. The summed E-state index contributed by atoms with van der Waals surface area (Å²) in [5.74, 6) is 0.106. The van der Waals surface area contributed by atoms with Crippen LogP contribution in [0.4, 0.5) is 5.69 Å². The van der Waals surface area contributed by atoms with Crippen LogP contribution in [-0.4, -0.2) is 37.8 Å². The van der Waals surface area contributed by atoms with Gasteiger partial charge in [0.1, 0.15) is 5.41 Å². The molecule has 0 fully saturated rings. The lowest BCUT2D eigenvalue weighted by Gasteiger charge is -2.40. The Morgan fingerprint density at radius 1 is 1.50 bits per heavy atom. The minimum atomic E-state index is -0.642. The van der Waals surface area contributed by atoms with Gasteiger partial charge in [-0.05, 0) is 52.1 Å². The Labute approximate surface area is 135 Å². The van der Waals surface area contributed by atoms with Gasteiger partial charge in [0.05, 0.1) is 17.4 Å². The molecule has 2 unspecified atom stereocenters. The topological polar surface area (TPSA) is 56.7 Å². The molecule has 2 aliphatic rings. The zero-order chi connectivity index (χ0) is 15.9. The van der Waals surface area contributed by atoms with Gasteiger partial charge in [0.2, 0.25) is 5.91 Å². The summed E-state index contributed by atoms with van der Waals surface area (Å²) in [7, 11) is 1.92. The third-order valence-corrected chi connectivity index (χ3v) is 4.97. The monoisotopic (exact) mass is 320 g/mol. The fourth-order valence-electron chi connectivity index (χ4n) is 3.20. The van der Waals surface area contributed by atoms with Crippen LogP contribution in [0.2, 0.25) is 5.02 Å². The van der Waals surface area contributed by atoms with Crippen molar-refractivity contribution in [2.75, 3.05) is 25.0 Å². The van der Waals surface area contributed by atoms with Crippen LogP contribution >= 0.6 is 11.6 Å². The average Bonchev–Trinajstić information content (AvgIpc) is 2.80. The van der Waals surface area contributed by atoms with Crippen molar-refractivity contribution in [1.82, 2.24) is 10.7 Å². The molecule has 1 aromatic rings. The standard InChI is InChI=1S/C16H21ClN4O/c1-10-16(2)14(20-19-10)12-9-11(17)5-6-13(12)21(15(16)22)8-4-7-18-3/h5-6,9-10,18-19H,4,7-8H2,1-3H3. The lowest BCUT2D eigenvalue weighted by Crippen LogP contribution is -2.56. The van der Waals surface area contributed by atoms with E-state index in [2.05, 4.69) is 15.8 Å². The minimum absolute atomic E-state index is 0.0334. The Bertz CT molecular complexity index is 645. The Kier molecular flexibility index (Phi) is 3.87. The van der Waals surface area contributed by atoms with Crippen molar-refractivity contribution in [2.45, 2.75) is 26.3 Å². The maximum atomic E-state index is 13.1. The van der Waals surface area contributed by atoms with E-state index in [4.69, 9.17) is 11.6 Å². The van der Waals surface area contributed by atoms with E-state index in [-0.39, 0.29) is 11.9 Å². The molecule has 2 atom stereocenters. The van der Waals surface area contributed by atoms with Gasteiger partial charge in [0.15, 0.2) is 0 Å². The third-order valence-electron chi connectivity index (χ3n) is 4.73. The van der Waals surface area contributed by atoms with Crippen LogP contribution in [0.15, 0.2) is 23.3 Å². The van der Waals surface area contributed by atoms with Crippen LogP contribution in [0.25, 0.3) is 0 Å². The fourth-order valence-corrected chi connectivity index (χ4v) is 3.37. The second kappa shape index (κ2) is 5.56. The van der Waals surface area contributed by atoms with Gasteiger partial charge in [-0.3, -0.25) is 4.79 Å². The van der Waals surface area contributed by atoms with Crippen LogP contribution in [0.1, 0.15) is 25.8 Å². The number of benzene rings is 1. The predicted molar refractivity (Wildman–Crippen MR) is 89.6 cm³/mol. The Balaban J connectivity index is 2.08. The summed E-state index contributed by atoms with van der Waals surface area (Å²) >= 11 is 6.17. The molecule has 0 aliphatic carbocycles. The molecular weight excluding hydrogens is 300 g/mol. The van der Waals surface area contributed by atoms with Crippen molar-refractivity contribution in [3.63, 3.8) is 0 Å². The fraction of sp³-hybridized carbons (Fsp3) is 0.500. The normalized spacial score (nSPS) is 26.4. The van der Waals surface area contributed by atoms with Crippen molar-refractivity contribution in [1.29, 1.82) is 0 Å². The number of fused-ring (bicyclic) bond motifs is 3. The highest BCUT2D eigenvalue weighted by atomic mass is 35.5. The van der Waals surface area contributed by atoms with Crippen LogP contribution in [0.3, 0.4) is 0 Å². The van der Waals surface area contributed by atoms with E-state index in [1.165, 1.54) is 0 Å². The number of nitrogens with one attached hydrogen (secondary N) is 2. The molecule has 6 heteroatoms. The highest BCUT2D eigenvalue weighted by Gasteiger charge is 2.53. The lowest BCUT2D eigenvalue weighted by molar-refractivity contribution is -0.125. The van der Waals surface area contributed by atoms with E-state index < -0.39 is 5.41 Å². The number of hydrogen-bond acceptors (Lipinski definition) is 4. The van der Waals surface area contributed by atoms with Gasteiger partial charge in [0, 0.05) is 17.1 Å². The van der Waals surface area contributed by atoms with Crippen molar-refractivity contribution in [3.8, 4) is 0 Å². The quantitative estimate of drug-likeness (QED) is 0.834. The molecule has 0 saturated carbocycles. The largest absolute Gasteiger partial charge is 0.320 e. The van der Waals surface area contributed by atoms with Crippen LogP contribution in [-0.2, 0) is 4.79 Å². The number of carbonyl (C=O) groups excluding carboxylic acids is 1. The summed E-state index contributed by atoms with van der Waals surface area (Å²) in [4.78, 5) is 15.0. The zero-order valence-corrected chi connectivity index (χ0v) is 13.9. The molecule has 118 valence electrons. The molecule has 2 heterocycles. The van der Waals surface area contributed by atoms with Gasteiger partial charge >= 0.3 is 0 Å². The lowest BCUT2D eigenvalue weighted by atomic mass is 9.73.